The summed E-state index contributed by atoms with van der Waals surface area (Å²) in [7, 11) is 0. The minimum Gasteiger partial charge on any atom is -0.336 e. The first kappa shape index (κ1) is 25.1. The van der Waals surface area contributed by atoms with Gasteiger partial charge in [0.2, 0.25) is 5.91 Å². The number of carbonyl (C=O) groups excluding carboxylic acids is 2. The molecule has 3 aliphatic carbocycles. The lowest BCUT2D eigenvalue weighted by atomic mass is 9.42. The van der Waals surface area contributed by atoms with Gasteiger partial charge in [-0.15, -0.1) is 0 Å². The lowest BCUT2D eigenvalue weighted by Gasteiger charge is -2.62. The Labute approximate surface area is 244 Å². The number of carbonyl (C=O) groups is 2. The molecule has 2 bridgehead atoms. The average Bonchev–Trinajstić information content (AvgIpc) is 3.50. The first-order valence-electron chi connectivity index (χ1n) is 14.2. The van der Waals surface area contributed by atoms with Gasteiger partial charge in [0.15, 0.2) is 0 Å². The molecule has 0 radical (unpaired) electrons. The number of benzene rings is 2. The van der Waals surface area contributed by atoms with Gasteiger partial charge in [-0.3, -0.25) is 19.6 Å². The molecule has 0 N–H and O–H groups in total. The standard InChI is InChI=1S/C31H28BrFN6O2/c1-2-26(40)37-9-7-22-27-24(39(36-22)23-6-3-18(11-21(23)33)31-12-17(13-31)14-31)8-10-38(25(27)15-37)30(41)19-4-5-20(32)29-28(19)34-16-35-29/h2-6,11,17,25H,1,7-10,12-16H2. The highest BCUT2D eigenvalue weighted by Gasteiger charge is 2.57. The summed E-state index contributed by atoms with van der Waals surface area (Å²) < 4.78 is 18.3. The molecule has 4 heterocycles. The molecule has 0 saturated heterocycles. The summed E-state index contributed by atoms with van der Waals surface area (Å²) in [6.07, 6.45) is 5.85. The SMILES string of the molecule is C=CC(=O)N1CCc2nn(-c3ccc(C45CC(C4)C5)cc3F)c3c2C(C1)N(C(=O)c1ccc(Br)c2c1=NCN=2)CC3. The third-order valence-corrected chi connectivity index (χ3v) is 10.4. The van der Waals surface area contributed by atoms with E-state index >= 15 is 4.39 Å². The van der Waals surface area contributed by atoms with Crippen LogP contribution in [-0.4, -0.2) is 57.7 Å². The fourth-order valence-electron chi connectivity index (χ4n) is 7.58. The van der Waals surface area contributed by atoms with Gasteiger partial charge in [-0.2, -0.15) is 5.10 Å². The maximum absolute atomic E-state index is 15.7. The first-order valence-corrected chi connectivity index (χ1v) is 15.0. The van der Waals surface area contributed by atoms with Crippen molar-refractivity contribution in [3.63, 3.8) is 0 Å². The second-order valence-corrected chi connectivity index (χ2v) is 12.8. The normalized spacial score (nSPS) is 25.1. The van der Waals surface area contributed by atoms with E-state index in [4.69, 9.17) is 5.10 Å². The minimum atomic E-state index is -0.429. The molecule has 3 fully saturated rings. The Morgan fingerprint density at radius 2 is 1.88 bits per heavy atom. The van der Waals surface area contributed by atoms with Crippen molar-refractivity contribution in [1.29, 1.82) is 0 Å². The zero-order chi connectivity index (χ0) is 28.0. The molecule has 1 unspecified atom stereocenters. The lowest BCUT2D eigenvalue weighted by Crippen LogP contribution is -2.55. The predicted molar refractivity (Wildman–Crippen MR) is 152 cm³/mol. The average molecular weight is 616 g/mol. The van der Waals surface area contributed by atoms with Crippen LogP contribution in [0.25, 0.3) is 5.69 Å². The minimum absolute atomic E-state index is 0.161. The summed E-state index contributed by atoms with van der Waals surface area (Å²) in [5, 5.41) is 6.20. The quantitative estimate of drug-likeness (QED) is 0.423. The summed E-state index contributed by atoms with van der Waals surface area (Å²) in [5.74, 6) is 0.207. The zero-order valence-electron chi connectivity index (χ0n) is 22.4. The van der Waals surface area contributed by atoms with Crippen LogP contribution in [-0.2, 0) is 23.1 Å². The molecular formula is C31H28BrFN6O2. The number of hydrogen-bond acceptors (Lipinski definition) is 5. The van der Waals surface area contributed by atoms with Crippen molar-refractivity contribution in [2.75, 3.05) is 26.3 Å². The van der Waals surface area contributed by atoms with Gasteiger partial charge in [0, 0.05) is 42.5 Å². The number of fused-ring (bicyclic) bond motifs is 1. The molecule has 3 saturated carbocycles. The molecule has 6 aliphatic rings. The van der Waals surface area contributed by atoms with Crippen LogP contribution in [0, 0.1) is 11.7 Å². The van der Waals surface area contributed by atoms with Gasteiger partial charge in [0.05, 0.1) is 33.7 Å². The summed E-state index contributed by atoms with van der Waals surface area (Å²) in [5.41, 5.74) is 4.82. The molecule has 41 heavy (non-hydrogen) atoms. The lowest BCUT2D eigenvalue weighted by molar-refractivity contribution is -0.126. The highest BCUT2D eigenvalue weighted by Crippen LogP contribution is 2.65. The van der Waals surface area contributed by atoms with Crippen molar-refractivity contribution in [3.05, 3.63) is 92.1 Å². The van der Waals surface area contributed by atoms with Crippen LogP contribution in [0.3, 0.4) is 0 Å². The van der Waals surface area contributed by atoms with Gasteiger partial charge in [0.25, 0.3) is 5.91 Å². The van der Waals surface area contributed by atoms with E-state index in [2.05, 4.69) is 38.6 Å². The Hall–Kier alpha value is -3.66. The van der Waals surface area contributed by atoms with E-state index in [1.54, 1.807) is 21.7 Å². The first-order chi connectivity index (χ1) is 19.9. The molecule has 2 aromatic carbocycles. The highest BCUT2D eigenvalue weighted by molar-refractivity contribution is 9.10. The Morgan fingerprint density at radius 3 is 2.61 bits per heavy atom. The van der Waals surface area contributed by atoms with E-state index < -0.39 is 6.04 Å². The maximum atomic E-state index is 15.7. The predicted octanol–water partition coefficient (Wildman–Crippen LogP) is 3.35. The zero-order valence-corrected chi connectivity index (χ0v) is 24.0. The van der Waals surface area contributed by atoms with E-state index in [1.807, 2.05) is 17.0 Å². The number of halogens is 2. The smallest absolute Gasteiger partial charge is 0.256 e. The molecule has 10 heteroatoms. The van der Waals surface area contributed by atoms with Crippen molar-refractivity contribution in [2.24, 2.45) is 15.9 Å². The maximum Gasteiger partial charge on any atom is 0.256 e. The van der Waals surface area contributed by atoms with E-state index in [1.165, 1.54) is 25.3 Å². The molecule has 1 atom stereocenters. The second-order valence-electron chi connectivity index (χ2n) is 11.9. The Morgan fingerprint density at radius 1 is 1.07 bits per heavy atom. The molecule has 2 amide bonds. The summed E-state index contributed by atoms with van der Waals surface area (Å²) in [6, 6.07) is 8.81. The number of amides is 2. The van der Waals surface area contributed by atoms with E-state index in [0.29, 0.717) is 54.4 Å². The topological polar surface area (TPSA) is 83.2 Å². The van der Waals surface area contributed by atoms with Crippen molar-refractivity contribution in [1.82, 2.24) is 19.6 Å². The number of nitrogens with zero attached hydrogens (tertiary/aromatic N) is 6. The van der Waals surface area contributed by atoms with Crippen LogP contribution in [0.5, 0.6) is 0 Å². The van der Waals surface area contributed by atoms with Crippen molar-refractivity contribution in [2.45, 2.75) is 43.6 Å². The van der Waals surface area contributed by atoms with Gasteiger partial charge in [-0.05, 0) is 82.4 Å². The van der Waals surface area contributed by atoms with Crippen LogP contribution in [0.4, 0.5) is 4.39 Å². The fourth-order valence-corrected chi connectivity index (χ4v) is 8.02. The summed E-state index contributed by atoms with van der Waals surface area (Å²) in [4.78, 5) is 39.4. The van der Waals surface area contributed by atoms with Gasteiger partial charge >= 0.3 is 0 Å². The largest absolute Gasteiger partial charge is 0.336 e. The van der Waals surface area contributed by atoms with Gasteiger partial charge in [0.1, 0.15) is 18.2 Å². The van der Waals surface area contributed by atoms with Gasteiger partial charge in [-0.25, -0.2) is 9.07 Å². The Bertz CT molecular complexity index is 1800. The van der Waals surface area contributed by atoms with Crippen LogP contribution in [0.2, 0.25) is 0 Å². The fraction of sp³-hybridized carbons (Fsp3) is 0.387. The van der Waals surface area contributed by atoms with Crippen LogP contribution in [0.15, 0.2) is 57.4 Å². The van der Waals surface area contributed by atoms with Crippen molar-refractivity contribution in [3.8, 4) is 5.69 Å². The third-order valence-electron chi connectivity index (χ3n) is 9.77. The van der Waals surface area contributed by atoms with E-state index in [9.17, 15) is 9.59 Å². The number of aromatic nitrogens is 2. The number of rotatable bonds is 4. The second kappa shape index (κ2) is 8.92. The highest BCUT2D eigenvalue weighted by atomic mass is 79.9. The Balaban J connectivity index is 1.21. The molecule has 3 aromatic rings. The third kappa shape index (κ3) is 3.58. The monoisotopic (exact) mass is 614 g/mol. The molecule has 3 aliphatic heterocycles. The molecular weight excluding hydrogens is 587 g/mol. The Kier molecular flexibility index (Phi) is 5.46. The van der Waals surface area contributed by atoms with Crippen molar-refractivity contribution >= 4 is 27.7 Å². The van der Waals surface area contributed by atoms with Crippen LogP contribution < -0.4 is 10.7 Å². The molecule has 1 aromatic heterocycles. The summed E-state index contributed by atoms with van der Waals surface area (Å²) in [6.45, 7) is 5.13. The van der Waals surface area contributed by atoms with E-state index in [-0.39, 0.29) is 29.7 Å². The molecule has 8 nitrogen and oxygen atoms in total. The van der Waals surface area contributed by atoms with Crippen molar-refractivity contribution < 1.29 is 14.0 Å². The van der Waals surface area contributed by atoms with E-state index in [0.717, 1.165) is 32.9 Å². The summed E-state index contributed by atoms with van der Waals surface area (Å²) >= 11 is 3.52. The molecule has 9 rings (SSSR count). The molecule has 0 spiro atoms. The van der Waals surface area contributed by atoms with Crippen LogP contribution >= 0.6 is 15.9 Å². The van der Waals surface area contributed by atoms with Gasteiger partial charge in [-0.1, -0.05) is 12.6 Å². The van der Waals surface area contributed by atoms with Gasteiger partial charge < -0.3 is 9.80 Å². The van der Waals surface area contributed by atoms with Crippen LogP contribution in [0.1, 0.15) is 58.2 Å². The number of hydrogen-bond donors (Lipinski definition) is 0. The molecule has 208 valence electrons.